The zero-order valence-corrected chi connectivity index (χ0v) is 9.64. The Hall–Kier alpha value is -2.05. The maximum Gasteiger partial charge on any atom is 0.325 e. The third-order valence-corrected chi connectivity index (χ3v) is 2.00. The van der Waals surface area contributed by atoms with Crippen LogP contribution in [0.5, 0.6) is 0 Å². The van der Waals surface area contributed by atoms with Crippen molar-refractivity contribution >= 4 is 17.7 Å². The number of carboxylic acids is 1. The summed E-state index contributed by atoms with van der Waals surface area (Å²) in [7, 11) is 0. The fraction of sp³-hybridized carbons (Fsp3) is 0.500. The highest BCUT2D eigenvalue weighted by Gasteiger charge is 2.05. The van der Waals surface area contributed by atoms with Gasteiger partial charge in [0.2, 0.25) is 0 Å². The number of unbranched alkanes of at least 4 members (excludes halogenated alkanes) is 1. The van der Waals surface area contributed by atoms with Crippen LogP contribution in [-0.4, -0.2) is 33.4 Å². The molecular formula is C10H16N4O3. The van der Waals surface area contributed by atoms with Gasteiger partial charge in [0, 0.05) is 12.7 Å². The molecule has 1 aromatic heterocycles. The number of aliphatic carboxylic acids is 1. The maximum absolute atomic E-state index is 11.3. The van der Waals surface area contributed by atoms with Crippen molar-refractivity contribution in [3.8, 4) is 0 Å². The van der Waals surface area contributed by atoms with E-state index in [-0.39, 0.29) is 12.6 Å². The van der Waals surface area contributed by atoms with Gasteiger partial charge in [-0.15, -0.1) is 0 Å². The molecule has 7 heteroatoms. The molecule has 0 aromatic carbocycles. The van der Waals surface area contributed by atoms with E-state index >= 15 is 0 Å². The first-order chi connectivity index (χ1) is 8.11. The molecule has 0 aliphatic carbocycles. The van der Waals surface area contributed by atoms with E-state index in [1.807, 2.05) is 6.92 Å². The fourth-order valence-electron chi connectivity index (χ4n) is 1.21. The SMILES string of the molecule is CCCCNC(=O)Nc1cnn(CC(=O)O)c1. The van der Waals surface area contributed by atoms with Crippen LogP contribution < -0.4 is 10.6 Å². The number of rotatable bonds is 6. The molecule has 2 amide bonds. The van der Waals surface area contributed by atoms with Crippen LogP contribution in [0.2, 0.25) is 0 Å². The average molecular weight is 240 g/mol. The second-order valence-corrected chi connectivity index (χ2v) is 3.55. The Morgan fingerprint density at radius 1 is 1.53 bits per heavy atom. The van der Waals surface area contributed by atoms with Crippen molar-refractivity contribution in [2.24, 2.45) is 0 Å². The van der Waals surface area contributed by atoms with E-state index in [0.717, 1.165) is 12.8 Å². The molecule has 1 heterocycles. The van der Waals surface area contributed by atoms with Gasteiger partial charge >= 0.3 is 12.0 Å². The van der Waals surface area contributed by atoms with Crippen molar-refractivity contribution in [1.29, 1.82) is 0 Å². The molecule has 0 bridgehead atoms. The minimum atomic E-state index is -0.980. The van der Waals surface area contributed by atoms with Gasteiger partial charge in [0.15, 0.2) is 0 Å². The van der Waals surface area contributed by atoms with E-state index in [2.05, 4.69) is 15.7 Å². The molecule has 0 radical (unpaired) electrons. The Morgan fingerprint density at radius 2 is 2.29 bits per heavy atom. The van der Waals surface area contributed by atoms with Crippen LogP contribution in [0, 0.1) is 0 Å². The highest BCUT2D eigenvalue weighted by molar-refractivity contribution is 5.88. The minimum absolute atomic E-state index is 0.223. The minimum Gasteiger partial charge on any atom is -0.480 e. The number of carbonyl (C=O) groups excluding carboxylic acids is 1. The van der Waals surface area contributed by atoms with Crippen LogP contribution in [0.3, 0.4) is 0 Å². The Bertz CT molecular complexity index is 389. The average Bonchev–Trinajstić information content (AvgIpc) is 2.64. The second kappa shape index (κ2) is 6.51. The molecule has 0 saturated heterocycles. The molecule has 0 atom stereocenters. The summed E-state index contributed by atoms with van der Waals surface area (Å²) in [6.45, 7) is 2.43. The predicted octanol–water partition coefficient (Wildman–Crippen LogP) is 0.889. The van der Waals surface area contributed by atoms with Crippen molar-refractivity contribution in [2.75, 3.05) is 11.9 Å². The lowest BCUT2D eigenvalue weighted by atomic mass is 10.3. The summed E-state index contributed by atoms with van der Waals surface area (Å²) in [5.41, 5.74) is 0.472. The smallest absolute Gasteiger partial charge is 0.325 e. The lowest BCUT2D eigenvalue weighted by Crippen LogP contribution is -2.29. The molecule has 94 valence electrons. The Labute approximate surface area is 98.8 Å². The highest BCUT2D eigenvalue weighted by Crippen LogP contribution is 2.04. The molecule has 1 rings (SSSR count). The summed E-state index contributed by atoms with van der Waals surface area (Å²) < 4.78 is 1.24. The Balaban J connectivity index is 2.38. The van der Waals surface area contributed by atoms with E-state index in [4.69, 9.17) is 5.11 Å². The van der Waals surface area contributed by atoms with Gasteiger partial charge in [-0.3, -0.25) is 9.48 Å². The number of hydrogen-bond donors (Lipinski definition) is 3. The largest absolute Gasteiger partial charge is 0.480 e. The lowest BCUT2D eigenvalue weighted by molar-refractivity contribution is -0.137. The number of amides is 2. The normalized spacial score (nSPS) is 9.94. The molecule has 0 unspecified atom stereocenters. The topological polar surface area (TPSA) is 96.3 Å². The first-order valence-corrected chi connectivity index (χ1v) is 5.41. The quantitative estimate of drug-likeness (QED) is 0.643. The van der Waals surface area contributed by atoms with E-state index in [1.54, 1.807) is 0 Å². The molecule has 0 aliphatic rings. The number of urea groups is 1. The molecule has 17 heavy (non-hydrogen) atoms. The first kappa shape index (κ1) is 13.0. The van der Waals surface area contributed by atoms with E-state index in [1.165, 1.54) is 17.1 Å². The van der Waals surface area contributed by atoms with E-state index in [0.29, 0.717) is 12.2 Å². The van der Waals surface area contributed by atoms with Crippen LogP contribution in [0.25, 0.3) is 0 Å². The highest BCUT2D eigenvalue weighted by atomic mass is 16.4. The summed E-state index contributed by atoms with van der Waals surface area (Å²) in [6.07, 6.45) is 4.80. The van der Waals surface area contributed by atoms with Gasteiger partial charge in [-0.2, -0.15) is 5.10 Å². The van der Waals surface area contributed by atoms with Crippen molar-refractivity contribution in [3.05, 3.63) is 12.4 Å². The standard InChI is InChI=1S/C10H16N4O3/c1-2-3-4-11-10(17)13-8-5-12-14(6-8)7-9(15)16/h5-6H,2-4,7H2,1H3,(H,15,16)(H2,11,13,17). The van der Waals surface area contributed by atoms with Gasteiger partial charge in [0.05, 0.1) is 11.9 Å². The van der Waals surface area contributed by atoms with Crippen LogP contribution in [0.4, 0.5) is 10.5 Å². The van der Waals surface area contributed by atoms with Crippen LogP contribution in [0.15, 0.2) is 12.4 Å². The van der Waals surface area contributed by atoms with Crippen molar-refractivity contribution in [2.45, 2.75) is 26.3 Å². The number of carbonyl (C=O) groups is 2. The van der Waals surface area contributed by atoms with Crippen molar-refractivity contribution < 1.29 is 14.7 Å². The van der Waals surface area contributed by atoms with E-state index < -0.39 is 5.97 Å². The van der Waals surface area contributed by atoms with Crippen molar-refractivity contribution in [3.63, 3.8) is 0 Å². The molecule has 0 saturated carbocycles. The van der Waals surface area contributed by atoms with Crippen LogP contribution >= 0.6 is 0 Å². The van der Waals surface area contributed by atoms with Crippen LogP contribution in [-0.2, 0) is 11.3 Å². The van der Waals surface area contributed by atoms with Gasteiger partial charge in [0.25, 0.3) is 0 Å². The van der Waals surface area contributed by atoms with Gasteiger partial charge in [-0.25, -0.2) is 4.79 Å². The zero-order chi connectivity index (χ0) is 12.7. The van der Waals surface area contributed by atoms with Crippen LogP contribution in [0.1, 0.15) is 19.8 Å². The lowest BCUT2D eigenvalue weighted by Gasteiger charge is -2.04. The fourth-order valence-corrected chi connectivity index (χ4v) is 1.21. The number of carboxylic acid groups (broad SMARTS) is 1. The van der Waals surface area contributed by atoms with Gasteiger partial charge in [-0.05, 0) is 6.42 Å². The monoisotopic (exact) mass is 240 g/mol. The summed E-state index contributed by atoms with van der Waals surface area (Å²) in [5.74, 6) is -0.980. The zero-order valence-electron chi connectivity index (χ0n) is 9.64. The van der Waals surface area contributed by atoms with E-state index in [9.17, 15) is 9.59 Å². The summed E-state index contributed by atoms with van der Waals surface area (Å²) >= 11 is 0. The number of nitrogens with one attached hydrogen (secondary N) is 2. The van der Waals surface area contributed by atoms with Gasteiger partial charge in [-0.1, -0.05) is 13.3 Å². The maximum atomic E-state index is 11.3. The Morgan fingerprint density at radius 3 is 2.94 bits per heavy atom. The number of nitrogens with zero attached hydrogens (tertiary/aromatic N) is 2. The molecule has 7 nitrogen and oxygen atoms in total. The molecule has 3 N–H and O–H groups in total. The number of anilines is 1. The number of hydrogen-bond acceptors (Lipinski definition) is 3. The Kier molecular flexibility index (Phi) is 4.99. The summed E-state index contributed by atoms with van der Waals surface area (Å²) in [4.78, 5) is 21.8. The second-order valence-electron chi connectivity index (χ2n) is 3.55. The molecule has 0 aliphatic heterocycles. The summed E-state index contributed by atoms with van der Waals surface area (Å²) in [5, 5.41) is 17.6. The molecular weight excluding hydrogens is 224 g/mol. The molecule has 0 fully saturated rings. The van der Waals surface area contributed by atoms with Gasteiger partial charge < -0.3 is 15.7 Å². The third-order valence-electron chi connectivity index (χ3n) is 2.00. The molecule has 0 spiro atoms. The third kappa shape index (κ3) is 5.01. The molecule has 1 aromatic rings. The first-order valence-electron chi connectivity index (χ1n) is 5.41. The predicted molar refractivity (Wildman–Crippen MR) is 61.8 cm³/mol. The van der Waals surface area contributed by atoms with Gasteiger partial charge in [0.1, 0.15) is 6.54 Å². The van der Waals surface area contributed by atoms with Crippen molar-refractivity contribution in [1.82, 2.24) is 15.1 Å². The number of aromatic nitrogens is 2. The summed E-state index contributed by atoms with van der Waals surface area (Å²) in [6, 6.07) is -0.312.